The summed E-state index contributed by atoms with van der Waals surface area (Å²) in [5.41, 5.74) is 6.61. The number of pyridine rings is 1. The van der Waals surface area contributed by atoms with Crippen molar-refractivity contribution in [2.24, 2.45) is 10.9 Å². The Hall–Kier alpha value is -4.32. The molecule has 1 amide bonds. The fourth-order valence-electron chi connectivity index (χ4n) is 3.80. The number of amides is 1. The van der Waals surface area contributed by atoms with Gasteiger partial charge in [-0.2, -0.15) is 18.1 Å². The predicted molar refractivity (Wildman–Crippen MR) is 129 cm³/mol. The molecular formula is C25H22F3N5O4. The van der Waals surface area contributed by atoms with E-state index in [0.717, 1.165) is 11.6 Å². The largest absolute Gasteiger partial charge is 0.494 e. The van der Waals surface area contributed by atoms with E-state index in [4.69, 9.17) is 14.9 Å². The number of aromatic nitrogens is 2. The van der Waals surface area contributed by atoms with Crippen LogP contribution in [0.25, 0.3) is 22.4 Å². The average Bonchev–Trinajstić information content (AvgIpc) is 3.32. The standard InChI is InChI=1S/C25H22F3N5O4/c1-13(29)22-21(23(34)30-11-14-4-3-5-15(10-14)12-31-35)33-24(37-22)17-6-8-18(36-2)20-16(17)7-9-19(32-20)25(26,27)28/h3-10,13H,11-12,29H2,1-2H3,(H,30,34)/t13-/m0/s1. The lowest BCUT2D eigenvalue weighted by Crippen LogP contribution is -2.25. The Morgan fingerprint density at radius 3 is 2.59 bits per heavy atom. The molecule has 0 aliphatic carbocycles. The zero-order valence-corrected chi connectivity index (χ0v) is 19.8. The Bertz CT molecular complexity index is 1470. The average molecular weight is 513 g/mol. The molecule has 4 aromatic rings. The number of ether oxygens (including phenoxy) is 1. The molecule has 0 aliphatic rings. The minimum Gasteiger partial charge on any atom is -0.494 e. The molecule has 4 rings (SSSR count). The third-order valence-electron chi connectivity index (χ3n) is 5.53. The number of alkyl halides is 3. The molecule has 2 aromatic heterocycles. The SMILES string of the molecule is COc1ccc(-c2nc(C(=O)NCc3cccc(CN=O)c3)c([C@H](C)N)o2)c2ccc(C(F)(F)F)nc12. The summed E-state index contributed by atoms with van der Waals surface area (Å²) in [5, 5.41) is 5.89. The Morgan fingerprint density at radius 1 is 1.16 bits per heavy atom. The van der Waals surface area contributed by atoms with Crippen LogP contribution < -0.4 is 15.8 Å². The second-order valence-electron chi connectivity index (χ2n) is 8.22. The summed E-state index contributed by atoms with van der Waals surface area (Å²) in [7, 11) is 1.32. The Morgan fingerprint density at radius 2 is 1.92 bits per heavy atom. The number of nitroso groups, excluding NO2 is 1. The number of nitrogens with one attached hydrogen (secondary N) is 1. The molecule has 0 unspecified atom stereocenters. The molecule has 12 heteroatoms. The van der Waals surface area contributed by atoms with Crippen LogP contribution in [0, 0.1) is 4.91 Å². The highest BCUT2D eigenvalue weighted by molar-refractivity contribution is 5.98. The van der Waals surface area contributed by atoms with Crippen LogP contribution in [0.2, 0.25) is 0 Å². The van der Waals surface area contributed by atoms with Gasteiger partial charge in [0.25, 0.3) is 5.91 Å². The Labute approximate surface area is 208 Å². The predicted octanol–water partition coefficient (Wildman–Crippen LogP) is 5.13. The molecule has 0 bridgehead atoms. The van der Waals surface area contributed by atoms with Gasteiger partial charge in [0.15, 0.2) is 11.5 Å². The quantitative estimate of drug-likeness (QED) is 0.312. The van der Waals surface area contributed by atoms with Crippen LogP contribution in [-0.4, -0.2) is 23.0 Å². The van der Waals surface area contributed by atoms with Crippen LogP contribution in [-0.2, 0) is 19.3 Å². The van der Waals surface area contributed by atoms with E-state index in [9.17, 15) is 22.9 Å². The minimum atomic E-state index is -4.64. The van der Waals surface area contributed by atoms with E-state index in [-0.39, 0.29) is 47.1 Å². The van der Waals surface area contributed by atoms with Gasteiger partial charge in [-0.25, -0.2) is 9.97 Å². The minimum absolute atomic E-state index is 0.00860. The lowest BCUT2D eigenvalue weighted by Gasteiger charge is -2.11. The first kappa shape index (κ1) is 25.8. The van der Waals surface area contributed by atoms with Gasteiger partial charge in [0, 0.05) is 17.5 Å². The van der Waals surface area contributed by atoms with Gasteiger partial charge < -0.3 is 20.2 Å². The molecule has 3 N–H and O–H groups in total. The van der Waals surface area contributed by atoms with Gasteiger partial charge in [0.2, 0.25) is 5.89 Å². The first-order valence-corrected chi connectivity index (χ1v) is 11.1. The lowest BCUT2D eigenvalue weighted by atomic mass is 10.1. The van der Waals surface area contributed by atoms with Gasteiger partial charge >= 0.3 is 6.18 Å². The van der Waals surface area contributed by atoms with Gasteiger partial charge in [0.05, 0.1) is 13.2 Å². The van der Waals surface area contributed by atoms with Crippen molar-refractivity contribution in [2.45, 2.75) is 32.2 Å². The van der Waals surface area contributed by atoms with Crippen LogP contribution in [0.3, 0.4) is 0 Å². The zero-order chi connectivity index (χ0) is 26.7. The molecule has 0 saturated carbocycles. The smallest absolute Gasteiger partial charge is 0.433 e. The van der Waals surface area contributed by atoms with E-state index in [0.29, 0.717) is 11.1 Å². The molecule has 2 aromatic carbocycles. The summed E-state index contributed by atoms with van der Waals surface area (Å²) in [6.45, 7) is 1.76. The van der Waals surface area contributed by atoms with Crippen molar-refractivity contribution in [1.82, 2.24) is 15.3 Å². The van der Waals surface area contributed by atoms with Gasteiger partial charge in [-0.05, 0) is 42.3 Å². The zero-order valence-electron chi connectivity index (χ0n) is 19.8. The molecule has 192 valence electrons. The highest BCUT2D eigenvalue weighted by Gasteiger charge is 2.33. The molecule has 0 spiro atoms. The first-order chi connectivity index (χ1) is 17.6. The van der Waals surface area contributed by atoms with Gasteiger partial charge in [-0.3, -0.25) is 4.79 Å². The maximum absolute atomic E-state index is 13.3. The number of halogens is 3. The number of carbonyl (C=O) groups excluding carboxylic acids is 1. The van der Waals surface area contributed by atoms with Crippen molar-refractivity contribution in [2.75, 3.05) is 7.11 Å². The number of carbonyl (C=O) groups is 1. The number of hydrogen-bond acceptors (Lipinski definition) is 8. The van der Waals surface area contributed by atoms with Gasteiger partial charge in [-0.1, -0.05) is 29.4 Å². The molecule has 0 fully saturated rings. The number of nitrogens with zero attached hydrogens (tertiary/aromatic N) is 3. The molecule has 9 nitrogen and oxygen atoms in total. The van der Waals surface area contributed by atoms with Crippen molar-refractivity contribution >= 4 is 16.8 Å². The molecule has 0 radical (unpaired) electrons. The van der Waals surface area contributed by atoms with Gasteiger partial charge in [-0.15, -0.1) is 0 Å². The number of rotatable bonds is 8. The third-order valence-corrected chi connectivity index (χ3v) is 5.53. The Kier molecular flexibility index (Phi) is 7.21. The van der Waals surface area contributed by atoms with Crippen molar-refractivity contribution in [3.05, 3.63) is 81.7 Å². The first-order valence-electron chi connectivity index (χ1n) is 11.1. The molecule has 0 aliphatic heterocycles. The van der Waals surface area contributed by atoms with Crippen molar-refractivity contribution in [1.29, 1.82) is 0 Å². The van der Waals surface area contributed by atoms with Crippen LogP contribution in [0.15, 0.2) is 58.1 Å². The summed E-state index contributed by atoms with van der Waals surface area (Å²) >= 11 is 0. The van der Waals surface area contributed by atoms with E-state index >= 15 is 0 Å². The van der Waals surface area contributed by atoms with E-state index in [1.165, 1.54) is 19.2 Å². The van der Waals surface area contributed by atoms with Crippen molar-refractivity contribution in [3.8, 4) is 17.2 Å². The summed E-state index contributed by atoms with van der Waals surface area (Å²) < 4.78 is 50.8. The second kappa shape index (κ2) is 10.3. The monoisotopic (exact) mass is 513 g/mol. The summed E-state index contributed by atoms with van der Waals surface area (Å²) in [6, 6.07) is 11.4. The summed E-state index contributed by atoms with van der Waals surface area (Å²) in [6.07, 6.45) is -4.64. The van der Waals surface area contributed by atoms with Gasteiger partial charge in [0.1, 0.15) is 23.5 Å². The molecule has 0 saturated heterocycles. The number of methoxy groups -OCH3 is 1. The summed E-state index contributed by atoms with van der Waals surface area (Å²) in [5.74, 6) is -0.328. The van der Waals surface area contributed by atoms with E-state index in [2.05, 4.69) is 20.5 Å². The number of hydrogen-bond donors (Lipinski definition) is 2. The van der Waals surface area contributed by atoms with E-state index in [1.807, 2.05) is 0 Å². The molecular weight excluding hydrogens is 491 g/mol. The molecule has 2 heterocycles. The maximum Gasteiger partial charge on any atom is 0.433 e. The van der Waals surface area contributed by atoms with E-state index in [1.54, 1.807) is 37.3 Å². The van der Waals surface area contributed by atoms with Crippen molar-refractivity contribution < 1.29 is 27.1 Å². The molecule has 1 atom stereocenters. The lowest BCUT2D eigenvalue weighted by molar-refractivity contribution is -0.140. The highest BCUT2D eigenvalue weighted by atomic mass is 19.4. The maximum atomic E-state index is 13.3. The topological polar surface area (TPSA) is 133 Å². The number of benzene rings is 2. The van der Waals surface area contributed by atoms with Crippen LogP contribution >= 0.6 is 0 Å². The number of oxazole rings is 1. The number of nitrogens with two attached hydrogens (primary N) is 1. The van der Waals surface area contributed by atoms with Crippen molar-refractivity contribution in [3.63, 3.8) is 0 Å². The van der Waals surface area contributed by atoms with Crippen LogP contribution in [0.5, 0.6) is 5.75 Å². The third kappa shape index (κ3) is 5.43. The fraction of sp³-hybridized carbons (Fsp3) is 0.240. The fourth-order valence-corrected chi connectivity index (χ4v) is 3.80. The second-order valence-corrected chi connectivity index (χ2v) is 8.22. The van der Waals surface area contributed by atoms with E-state index < -0.39 is 23.8 Å². The highest BCUT2D eigenvalue weighted by Crippen LogP contribution is 2.37. The van der Waals surface area contributed by atoms with Crippen LogP contribution in [0.4, 0.5) is 13.2 Å². The molecule has 37 heavy (non-hydrogen) atoms. The summed E-state index contributed by atoms with van der Waals surface area (Å²) in [4.78, 5) is 31.6. The Balaban J connectivity index is 1.70. The van der Waals surface area contributed by atoms with Crippen LogP contribution in [0.1, 0.15) is 46.0 Å². The normalized spacial score (nSPS) is 12.4. The number of fused-ring (bicyclic) bond motifs is 1.